The molecule has 1 saturated carbocycles. The normalized spacial score (nSPS) is 37.3. The Hall–Kier alpha value is 0.827. The molecule has 0 N–H and O–H groups in total. The highest BCUT2D eigenvalue weighted by atomic mass is 35.8. The average molecular weight is 256 g/mol. The lowest BCUT2D eigenvalue weighted by atomic mass is 9.91. The van der Waals surface area contributed by atoms with E-state index in [2.05, 4.69) is 12.2 Å². The molecule has 4 heteroatoms. The van der Waals surface area contributed by atoms with Crippen molar-refractivity contribution in [1.82, 2.24) is 0 Å². The van der Waals surface area contributed by atoms with E-state index >= 15 is 0 Å². The Labute approximate surface area is 94.4 Å². The Morgan fingerprint density at radius 3 is 2.38 bits per heavy atom. The van der Waals surface area contributed by atoms with E-state index < -0.39 is 6.00 Å². The van der Waals surface area contributed by atoms with Crippen molar-refractivity contribution in [3.05, 3.63) is 12.2 Å². The molecular formula is C9H13Cl3Si. The first kappa shape index (κ1) is 10.3. The molecule has 2 aliphatic carbocycles. The molecular weight excluding hydrogens is 243 g/mol. The van der Waals surface area contributed by atoms with Gasteiger partial charge in [-0.15, -0.1) is 33.2 Å². The third-order valence-corrected chi connectivity index (χ3v) is 5.77. The van der Waals surface area contributed by atoms with Gasteiger partial charge in [0.25, 0.3) is 0 Å². The lowest BCUT2D eigenvalue weighted by molar-refractivity contribution is 0.433. The lowest BCUT2D eigenvalue weighted by Gasteiger charge is -2.19. The molecule has 0 radical (unpaired) electrons. The topological polar surface area (TPSA) is 0 Å². The summed E-state index contributed by atoms with van der Waals surface area (Å²) in [5, 5.41) is 0. The van der Waals surface area contributed by atoms with Crippen LogP contribution >= 0.6 is 33.2 Å². The van der Waals surface area contributed by atoms with Crippen molar-refractivity contribution in [1.29, 1.82) is 0 Å². The maximum Gasteiger partial charge on any atom is 0.341 e. The van der Waals surface area contributed by atoms with E-state index in [0.717, 1.165) is 30.2 Å². The number of hydrogen-bond acceptors (Lipinski definition) is 0. The fourth-order valence-corrected chi connectivity index (χ4v) is 4.26. The van der Waals surface area contributed by atoms with Crippen LogP contribution in [0.15, 0.2) is 12.2 Å². The van der Waals surface area contributed by atoms with E-state index in [-0.39, 0.29) is 0 Å². The van der Waals surface area contributed by atoms with Crippen molar-refractivity contribution < 1.29 is 0 Å². The van der Waals surface area contributed by atoms with E-state index in [9.17, 15) is 0 Å². The quantitative estimate of drug-likeness (QED) is 0.402. The summed E-state index contributed by atoms with van der Waals surface area (Å²) in [6.45, 7) is 0. The minimum atomic E-state index is -2.36. The van der Waals surface area contributed by atoms with Crippen LogP contribution in [-0.4, -0.2) is 6.00 Å². The molecule has 2 bridgehead atoms. The second-order valence-electron chi connectivity index (χ2n) is 4.19. The molecule has 0 heterocycles. The fourth-order valence-electron chi connectivity index (χ4n) is 2.58. The molecule has 0 saturated heterocycles. The summed E-state index contributed by atoms with van der Waals surface area (Å²) < 4.78 is 0. The van der Waals surface area contributed by atoms with Crippen LogP contribution in [0, 0.1) is 17.8 Å². The molecule has 0 spiro atoms. The molecule has 0 aromatic rings. The van der Waals surface area contributed by atoms with Gasteiger partial charge in [-0.2, -0.15) is 0 Å². The first-order valence-electron chi connectivity index (χ1n) is 4.80. The standard InChI is InChI=1S/C9H13Cl3Si/c10-13(11,12)4-3-9-6-7-1-2-8(9)5-7/h1-2,7-9H,3-6H2/t7-,8-,9+/m0/s1. The number of halogens is 3. The van der Waals surface area contributed by atoms with Gasteiger partial charge in [-0.05, 0) is 43.1 Å². The van der Waals surface area contributed by atoms with Crippen molar-refractivity contribution in [3.8, 4) is 0 Å². The third-order valence-electron chi connectivity index (χ3n) is 3.21. The first-order chi connectivity index (χ1) is 6.04. The zero-order valence-corrected chi connectivity index (χ0v) is 10.6. The first-order valence-corrected chi connectivity index (χ1v) is 10.0. The molecule has 0 aliphatic heterocycles. The van der Waals surface area contributed by atoms with Crippen molar-refractivity contribution in [3.63, 3.8) is 0 Å². The summed E-state index contributed by atoms with van der Waals surface area (Å²) in [6.07, 6.45) is 8.52. The van der Waals surface area contributed by atoms with Crippen LogP contribution in [0.1, 0.15) is 19.3 Å². The summed E-state index contributed by atoms with van der Waals surface area (Å²) in [4.78, 5) is 0. The molecule has 0 aromatic heterocycles. The molecule has 0 unspecified atom stereocenters. The number of rotatable bonds is 3. The van der Waals surface area contributed by atoms with Crippen molar-refractivity contribution >= 4 is 39.2 Å². The summed E-state index contributed by atoms with van der Waals surface area (Å²) in [7, 11) is 0. The largest absolute Gasteiger partial charge is 0.341 e. The van der Waals surface area contributed by atoms with Gasteiger partial charge in [-0.25, -0.2) is 0 Å². The smallest absolute Gasteiger partial charge is 0.126 e. The van der Waals surface area contributed by atoms with Crippen molar-refractivity contribution in [2.75, 3.05) is 0 Å². The fraction of sp³-hybridized carbons (Fsp3) is 0.778. The molecule has 0 nitrogen and oxygen atoms in total. The summed E-state index contributed by atoms with van der Waals surface area (Å²) in [5.41, 5.74) is 0. The number of fused-ring (bicyclic) bond motifs is 2. The molecule has 2 rings (SSSR count). The van der Waals surface area contributed by atoms with E-state index in [4.69, 9.17) is 33.2 Å². The molecule has 0 aromatic carbocycles. The highest BCUT2D eigenvalue weighted by Gasteiger charge is 2.37. The Morgan fingerprint density at radius 2 is 1.92 bits per heavy atom. The van der Waals surface area contributed by atoms with Crippen LogP contribution in [0.4, 0.5) is 0 Å². The summed E-state index contributed by atoms with van der Waals surface area (Å²) in [5.74, 6) is 2.44. The Morgan fingerprint density at radius 1 is 1.15 bits per heavy atom. The monoisotopic (exact) mass is 254 g/mol. The lowest BCUT2D eigenvalue weighted by Crippen LogP contribution is -2.14. The average Bonchev–Trinajstić information content (AvgIpc) is 2.58. The van der Waals surface area contributed by atoms with Crippen LogP contribution in [0.5, 0.6) is 0 Å². The second-order valence-corrected chi connectivity index (χ2v) is 13.5. The zero-order valence-electron chi connectivity index (χ0n) is 7.35. The second kappa shape index (κ2) is 3.77. The third kappa shape index (κ3) is 2.65. The van der Waals surface area contributed by atoms with E-state index in [0.29, 0.717) is 0 Å². The molecule has 3 atom stereocenters. The van der Waals surface area contributed by atoms with E-state index in [1.165, 1.54) is 12.8 Å². The van der Waals surface area contributed by atoms with Crippen LogP contribution < -0.4 is 0 Å². The Kier molecular flexibility index (Phi) is 3.00. The predicted octanol–water partition coefficient (Wildman–Crippen LogP) is 4.24. The van der Waals surface area contributed by atoms with Crippen molar-refractivity contribution in [2.24, 2.45) is 17.8 Å². The van der Waals surface area contributed by atoms with Gasteiger partial charge in [0.05, 0.1) is 0 Å². The van der Waals surface area contributed by atoms with Crippen LogP contribution in [0.3, 0.4) is 0 Å². The summed E-state index contributed by atoms with van der Waals surface area (Å²) >= 11 is 17.6. The number of hydrogen-bond donors (Lipinski definition) is 0. The Balaban J connectivity index is 1.81. The van der Waals surface area contributed by atoms with Gasteiger partial charge < -0.3 is 0 Å². The van der Waals surface area contributed by atoms with Gasteiger partial charge in [0.15, 0.2) is 0 Å². The molecule has 13 heavy (non-hydrogen) atoms. The maximum atomic E-state index is 5.87. The number of allylic oxidation sites excluding steroid dienone is 2. The van der Waals surface area contributed by atoms with Gasteiger partial charge in [0, 0.05) is 0 Å². The summed E-state index contributed by atoms with van der Waals surface area (Å²) in [6, 6.07) is -1.53. The van der Waals surface area contributed by atoms with Gasteiger partial charge in [0.1, 0.15) is 0 Å². The maximum absolute atomic E-state index is 5.87. The Bertz CT molecular complexity index is 221. The van der Waals surface area contributed by atoms with Crippen molar-refractivity contribution in [2.45, 2.75) is 25.3 Å². The van der Waals surface area contributed by atoms with Gasteiger partial charge in [-0.1, -0.05) is 12.2 Å². The van der Waals surface area contributed by atoms with Gasteiger partial charge >= 0.3 is 6.00 Å². The van der Waals surface area contributed by atoms with E-state index in [1.807, 2.05) is 0 Å². The highest BCUT2D eigenvalue weighted by Crippen LogP contribution is 2.46. The molecule has 74 valence electrons. The molecule has 1 fully saturated rings. The van der Waals surface area contributed by atoms with Gasteiger partial charge in [0.2, 0.25) is 0 Å². The van der Waals surface area contributed by atoms with Crippen LogP contribution in [-0.2, 0) is 0 Å². The van der Waals surface area contributed by atoms with Crippen LogP contribution in [0.25, 0.3) is 0 Å². The minimum Gasteiger partial charge on any atom is -0.126 e. The minimum absolute atomic E-state index is 0.798. The SMILES string of the molecule is Cl[Si](Cl)(Cl)CC[C@@H]1C[C@H]2C=C[C@H]1C2. The molecule has 2 aliphatic rings. The predicted molar refractivity (Wildman–Crippen MR) is 61.6 cm³/mol. The van der Waals surface area contributed by atoms with Gasteiger partial charge in [-0.3, -0.25) is 0 Å². The van der Waals surface area contributed by atoms with E-state index in [1.54, 1.807) is 0 Å². The molecule has 0 amide bonds. The zero-order chi connectivity index (χ0) is 9.47. The highest BCUT2D eigenvalue weighted by molar-refractivity contribution is 7.64. The van der Waals surface area contributed by atoms with Crippen LogP contribution in [0.2, 0.25) is 6.04 Å².